The molecule has 0 heteroatoms. The van der Waals surface area contributed by atoms with Crippen molar-refractivity contribution in [3.8, 4) is 0 Å². The van der Waals surface area contributed by atoms with Gasteiger partial charge in [-0.1, -0.05) is 57.2 Å². The Morgan fingerprint density at radius 2 is 1.73 bits per heavy atom. The molecule has 0 radical (unpaired) electrons. The molecule has 0 aliphatic carbocycles. The highest BCUT2D eigenvalue weighted by Gasteiger charge is 2.24. The van der Waals surface area contributed by atoms with Crippen molar-refractivity contribution in [2.24, 2.45) is 0 Å². The van der Waals surface area contributed by atoms with Crippen molar-refractivity contribution in [3.05, 3.63) is 42.0 Å². The van der Waals surface area contributed by atoms with E-state index in [2.05, 4.69) is 58.5 Å². The van der Waals surface area contributed by atoms with Gasteiger partial charge in [-0.05, 0) is 36.3 Å². The van der Waals surface area contributed by atoms with E-state index in [-0.39, 0.29) is 5.41 Å². The van der Waals surface area contributed by atoms with Gasteiger partial charge < -0.3 is 0 Å². The van der Waals surface area contributed by atoms with Crippen LogP contribution in [-0.4, -0.2) is 0 Å². The molecule has 1 aromatic rings. The molecule has 82 valence electrons. The van der Waals surface area contributed by atoms with E-state index in [4.69, 9.17) is 0 Å². The molecule has 0 spiro atoms. The highest BCUT2D eigenvalue weighted by Crippen LogP contribution is 2.35. The Hall–Kier alpha value is -1.04. The topological polar surface area (TPSA) is 0 Å². The van der Waals surface area contributed by atoms with Gasteiger partial charge in [0, 0.05) is 0 Å². The van der Waals surface area contributed by atoms with Gasteiger partial charge in [0.25, 0.3) is 0 Å². The third kappa shape index (κ3) is 2.31. The van der Waals surface area contributed by atoms with Crippen LogP contribution in [-0.2, 0) is 5.41 Å². The van der Waals surface area contributed by atoms with E-state index >= 15 is 0 Å². The predicted molar refractivity (Wildman–Crippen MR) is 69.1 cm³/mol. The summed E-state index contributed by atoms with van der Waals surface area (Å²) >= 11 is 0. The predicted octanol–water partition coefficient (Wildman–Crippen LogP) is 4.80. The maximum atomic E-state index is 4.07. The fourth-order valence-corrected chi connectivity index (χ4v) is 2.01. The van der Waals surface area contributed by atoms with E-state index in [1.807, 2.05) is 0 Å². The molecule has 0 unspecified atom stereocenters. The molecule has 0 N–H and O–H groups in total. The van der Waals surface area contributed by atoms with Crippen LogP contribution in [0.1, 0.15) is 51.7 Å². The summed E-state index contributed by atoms with van der Waals surface area (Å²) in [5, 5.41) is 0. The van der Waals surface area contributed by atoms with Gasteiger partial charge in [-0.3, -0.25) is 0 Å². The first-order valence-electron chi connectivity index (χ1n) is 5.80. The SMILES string of the molecule is C=C(C)c1ccccc1C(C)(CC)CC. The van der Waals surface area contributed by atoms with Crippen LogP contribution in [0.15, 0.2) is 30.8 Å². The van der Waals surface area contributed by atoms with Gasteiger partial charge in [-0.25, -0.2) is 0 Å². The average Bonchev–Trinajstić information content (AvgIpc) is 2.28. The lowest BCUT2D eigenvalue weighted by atomic mass is 9.75. The van der Waals surface area contributed by atoms with Gasteiger partial charge in [0.2, 0.25) is 0 Å². The number of hydrogen-bond donors (Lipinski definition) is 0. The van der Waals surface area contributed by atoms with Crippen molar-refractivity contribution >= 4 is 5.57 Å². The number of hydrogen-bond acceptors (Lipinski definition) is 0. The first-order chi connectivity index (χ1) is 7.05. The first kappa shape index (κ1) is 12.0. The summed E-state index contributed by atoms with van der Waals surface area (Å²) < 4.78 is 0. The lowest BCUT2D eigenvalue weighted by Gasteiger charge is -2.30. The van der Waals surface area contributed by atoms with Crippen molar-refractivity contribution in [2.45, 2.75) is 46.0 Å². The molecule has 0 fully saturated rings. The molecule has 15 heavy (non-hydrogen) atoms. The van der Waals surface area contributed by atoms with Crippen molar-refractivity contribution in [1.29, 1.82) is 0 Å². The molecule has 0 saturated carbocycles. The van der Waals surface area contributed by atoms with E-state index in [1.54, 1.807) is 0 Å². The lowest BCUT2D eigenvalue weighted by Crippen LogP contribution is -2.21. The van der Waals surface area contributed by atoms with Crippen LogP contribution in [0.2, 0.25) is 0 Å². The minimum Gasteiger partial charge on any atom is -0.0955 e. The third-order valence-electron chi connectivity index (χ3n) is 3.60. The molecule has 0 aromatic heterocycles. The van der Waals surface area contributed by atoms with Crippen molar-refractivity contribution in [1.82, 2.24) is 0 Å². The van der Waals surface area contributed by atoms with Gasteiger partial charge in [-0.2, -0.15) is 0 Å². The molecule has 0 aliphatic heterocycles. The van der Waals surface area contributed by atoms with Crippen LogP contribution in [0.4, 0.5) is 0 Å². The van der Waals surface area contributed by atoms with Crippen LogP contribution in [0.5, 0.6) is 0 Å². The molecule has 0 bridgehead atoms. The second-order valence-corrected chi connectivity index (χ2v) is 4.59. The maximum absolute atomic E-state index is 4.07. The molecule has 0 heterocycles. The van der Waals surface area contributed by atoms with Crippen molar-refractivity contribution in [3.63, 3.8) is 0 Å². The number of allylic oxidation sites excluding steroid dienone is 1. The van der Waals surface area contributed by atoms with Gasteiger partial charge in [0.1, 0.15) is 0 Å². The molecular formula is C15H22. The summed E-state index contributed by atoms with van der Waals surface area (Å²) in [5.74, 6) is 0. The summed E-state index contributed by atoms with van der Waals surface area (Å²) in [4.78, 5) is 0. The Kier molecular flexibility index (Phi) is 3.73. The molecule has 1 aromatic carbocycles. The van der Waals surface area contributed by atoms with Gasteiger partial charge >= 0.3 is 0 Å². The van der Waals surface area contributed by atoms with E-state index in [0.29, 0.717) is 0 Å². The first-order valence-corrected chi connectivity index (χ1v) is 5.80. The molecule has 0 amide bonds. The summed E-state index contributed by atoms with van der Waals surface area (Å²) in [6.45, 7) is 13.0. The average molecular weight is 202 g/mol. The second kappa shape index (κ2) is 4.65. The van der Waals surface area contributed by atoms with E-state index in [9.17, 15) is 0 Å². The maximum Gasteiger partial charge on any atom is -0.00745 e. The summed E-state index contributed by atoms with van der Waals surface area (Å²) in [6.07, 6.45) is 2.35. The fraction of sp³-hybridized carbons (Fsp3) is 0.467. The Labute approximate surface area is 94.0 Å². The van der Waals surface area contributed by atoms with Crippen LogP contribution >= 0.6 is 0 Å². The minimum absolute atomic E-state index is 0.287. The zero-order chi connectivity index (χ0) is 11.5. The molecule has 0 saturated heterocycles. The monoisotopic (exact) mass is 202 g/mol. The standard InChI is InChI=1S/C15H22/c1-6-15(5,7-2)14-11-9-8-10-13(14)12(3)4/h8-11H,3,6-7H2,1-2,4-5H3. The van der Waals surface area contributed by atoms with E-state index in [1.165, 1.54) is 29.5 Å². The Morgan fingerprint density at radius 3 is 2.20 bits per heavy atom. The molecule has 0 nitrogen and oxygen atoms in total. The highest BCUT2D eigenvalue weighted by atomic mass is 14.3. The smallest absolute Gasteiger partial charge is 0.00745 e. The van der Waals surface area contributed by atoms with Gasteiger partial charge in [0.15, 0.2) is 0 Å². The van der Waals surface area contributed by atoms with Crippen LogP contribution in [0.25, 0.3) is 5.57 Å². The van der Waals surface area contributed by atoms with Crippen LogP contribution in [0, 0.1) is 0 Å². The zero-order valence-corrected chi connectivity index (χ0v) is 10.4. The highest BCUT2D eigenvalue weighted by molar-refractivity contribution is 5.65. The van der Waals surface area contributed by atoms with Crippen LogP contribution in [0.3, 0.4) is 0 Å². The summed E-state index contributed by atoms with van der Waals surface area (Å²) in [7, 11) is 0. The van der Waals surface area contributed by atoms with Crippen molar-refractivity contribution in [2.75, 3.05) is 0 Å². The lowest BCUT2D eigenvalue weighted by molar-refractivity contribution is 0.438. The molecule has 0 aliphatic rings. The summed E-state index contributed by atoms with van der Waals surface area (Å²) in [5.41, 5.74) is 4.22. The largest absolute Gasteiger partial charge is 0.0955 e. The quantitative estimate of drug-likeness (QED) is 0.658. The van der Waals surface area contributed by atoms with Gasteiger partial charge in [-0.15, -0.1) is 0 Å². The molecule has 0 atom stereocenters. The van der Waals surface area contributed by atoms with E-state index in [0.717, 1.165) is 0 Å². The Bertz CT molecular complexity index is 343. The zero-order valence-electron chi connectivity index (χ0n) is 10.4. The van der Waals surface area contributed by atoms with Gasteiger partial charge in [0.05, 0.1) is 0 Å². The molecule has 1 rings (SSSR count). The van der Waals surface area contributed by atoms with Crippen LogP contribution < -0.4 is 0 Å². The summed E-state index contributed by atoms with van der Waals surface area (Å²) in [6, 6.07) is 8.66. The van der Waals surface area contributed by atoms with E-state index < -0.39 is 0 Å². The Morgan fingerprint density at radius 1 is 1.20 bits per heavy atom. The van der Waals surface area contributed by atoms with Crippen molar-refractivity contribution < 1.29 is 0 Å². The number of rotatable bonds is 4. The minimum atomic E-state index is 0.287. The number of benzene rings is 1. The third-order valence-corrected chi connectivity index (χ3v) is 3.60. The molecular weight excluding hydrogens is 180 g/mol. The normalized spacial score (nSPS) is 11.5. The fourth-order valence-electron chi connectivity index (χ4n) is 2.01. The second-order valence-electron chi connectivity index (χ2n) is 4.59. The Balaban J connectivity index is 3.29.